The van der Waals surface area contributed by atoms with Crippen LogP contribution in [0, 0.1) is 11.3 Å². The van der Waals surface area contributed by atoms with Crippen molar-refractivity contribution >= 4 is 0 Å². The standard InChI is InChI=1S/C17H25N3O/c1-2-19-10-12-20(13-11-19)9-3-4-14-21-17-7-5-16(15-18)6-8-17/h5-8H,2-4,9-14H2,1H3. The zero-order chi connectivity index (χ0) is 14.9. The molecule has 0 atom stereocenters. The number of unbranched alkanes of at least 4 members (excludes halogenated alkanes) is 1. The van der Waals surface area contributed by atoms with Gasteiger partial charge in [-0.2, -0.15) is 5.26 Å². The average molecular weight is 287 g/mol. The predicted octanol–water partition coefficient (Wildman–Crippen LogP) is 2.35. The number of nitriles is 1. The molecule has 1 aliphatic heterocycles. The van der Waals surface area contributed by atoms with Gasteiger partial charge in [-0.05, 0) is 50.2 Å². The van der Waals surface area contributed by atoms with Crippen molar-refractivity contribution in [2.24, 2.45) is 0 Å². The fourth-order valence-corrected chi connectivity index (χ4v) is 2.58. The van der Waals surface area contributed by atoms with Gasteiger partial charge in [-0.3, -0.25) is 0 Å². The van der Waals surface area contributed by atoms with Crippen molar-refractivity contribution in [3.8, 4) is 11.8 Å². The second-order valence-corrected chi connectivity index (χ2v) is 5.47. The highest BCUT2D eigenvalue weighted by Gasteiger charge is 2.14. The summed E-state index contributed by atoms with van der Waals surface area (Å²) in [5.41, 5.74) is 0.675. The van der Waals surface area contributed by atoms with Crippen LogP contribution in [0.25, 0.3) is 0 Å². The minimum absolute atomic E-state index is 0.675. The first-order valence-corrected chi connectivity index (χ1v) is 7.89. The van der Waals surface area contributed by atoms with Gasteiger partial charge < -0.3 is 14.5 Å². The maximum Gasteiger partial charge on any atom is 0.119 e. The monoisotopic (exact) mass is 287 g/mol. The van der Waals surface area contributed by atoms with Crippen molar-refractivity contribution < 1.29 is 4.74 Å². The highest BCUT2D eigenvalue weighted by molar-refractivity contribution is 5.34. The molecule has 21 heavy (non-hydrogen) atoms. The third-order valence-electron chi connectivity index (χ3n) is 4.03. The largest absolute Gasteiger partial charge is 0.494 e. The summed E-state index contributed by atoms with van der Waals surface area (Å²) in [7, 11) is 0. The van der Waals surface area contributed by atoms with E-state index in [9.17, 15) is 0 Å². The smallest absolute Gasteiger partial charge is 0.119 e. The fourth-order valence-electron chi connectivity index (χ4n) is 2.58. The van der Waals surface area contributed by atoms with Gasteiger partial charge in [0.05, 0.1) is 18.2 Å². The normalized spacial score (nSPS) is 16.6. The molecular weight excluding hydrogens is 262 g/mol. The molecule has 0 N–H and O–H groups in total. The summed E-state index contributed by atoms with van der Waals surface area (Å²) in [4.78, 5) is 5.05. The molecule has 1 heterocycles. The summed E-state index contributed by atoms with van der Waals surface area (Å²) in [6, 6.07) is 9.43. The number of rotatable bonds is 7. The van der Waals surface area contributed by atoms with Gasteiger partial charge in [0.1, 0.15) is 5.75 Å². The van der Waals surface area contributed by atoms with Crippen LogP contribution >= 0.6 is 0 Å². The molecule has 1 aliphatic rings. The highest BCUT2D eigenvalue weighted by atomic mass is 16.5. The lowest BCUT2D eigenvalue weighted by molar-refractivity contribution is 0.134. The molecule has 0 saturated carbocycles. The van der Waals surface area contributed by atoms with Gasteiger partial charge in [-0.15, -0.1) is 0 Å². The van der Waals surface area contributed by atoms with E-state index in [-0.39, 0.29) is 0 Å². The lowest BCUT2D eigenvalue weighted by Crippen LogP contribution is -2.46. The summed E-state index contributed by atoms with van der Waals surface area (Å²) in [5.74, 6) is 0.852. The molecule has 4 nitrogen and oxygen atoms in total. The maximum absolute atomic E-state index is 8.73. The van der Waals surface area contributed by atoms with Crippen molar-refractivity contribution in [1.29, 1.82) is 5.26 Å². The Hall–Kier alpha value is -1.57. The zero-order valence-electron chi connectivity index (χ0n) is 12.9. The number of piperazine rings is 1. The van der Waals surface area contributed by atoms with Crippen molar-refractivity contribution in [2.75, 3.05) is 45.9 Å². The van der Waals surface area contributed by atoms with Crippen molar-refractivity contribution in [2.45, 2.75) is 19.8 Å². The Morgan fingerprint density at radius 3 is 2.33 bits per heavy atom. The van der Waals surface area contributed by atoms with E-state index in [1.165, 1.54) is 45.7 Å². The zero-order valence-corrected chi connectivity index (χ0v) is 12.9. The van der Waals surface area contributed by atoms with Crippen molar-refractivity contribution in [3.63, 3.8) is 0 Å². The second-order valence-electron chi connectivity index (χ2n) is 5.47. The van der Waals surface area contributed by atoms with Crippen LogP contribution in [-0.4, -0.2) is 55.7 Å². The Labute approximate surface area is 127 Å². The quantitative estimate of drug-likeness (QED) is 0.722. The first kappa shape index (κ1) is 15.8. The van der Waals surface area contributed by atoms with Gasteiger partial charge in [0, 0.05) is 26.2 Å². The van der Waals surface area contributed by atoms with E-state index in [4.69, 9.17) is 10.00 Å². The van der Waals surface area contributed by atoms with Crippen molar-refractivity contribution in [3.05, 3.63) is 29.8 Å². The molecule has 2 rings (SSSR count). The Bertz CT molecular complexity index is 444. The van der Waals surface area contributed by atoms with Gasteiger partial charge in [0.25, 0.3) is 0 Å². The molecule has 1 fully saturated rings. The third-order valence-corrected chi connectivity index (χ3v) is 4.03. The van der Waals surface area contributed by atoms with E-state index < -0.39 is 0 Å². The van der Waals surface area contributed by atoms with E-state index in [2.05, 4.69) is 22.8 Å². The Kier molecular flexibility index (Phi) is 6.52. The lowest BCUT2D eigenvalue weighted by Gasteiger charge is -2.33. The molecule has 0 unspecified atom stereocenters. The van der Waals surface area contributed by atoms with Crippen LogP contribution in [-0.2, 0) is 0 Å². The topological polar surface area (TPSA) is 39.5 Å². The first-order valence-electron chi connectivity index (χ1n) is 7.89. The van der Waals surface area contributed by atoms with Crippen molar-refractivity contribution in [1.82, 2.24) is 9.80 Å². The van der Waals surface area contributed by atoms with Crippen LogP contribution in [0.15, 0.2) is 24.3 Å². The number of nitrogens with zero attached hydrogens (tertiary/aromatic N) is 3. The number of hydrogen-bond acceptors (Lipinski definition) is 4. The number of hydrogen-bond donors (Lipinski definition) is 0. The molecule has 1 saturated heterocycles. The van der Waals surface area contributed by atoms with E-state index in [0.717, 1.165) is 18.8 Å². The Balaban J connectivity index is 1.55. The molecule has 1 aromatic rings. The lowest BCUT2D eigenvalue weighted by atomic mass is 10.2. The van der Waals surface area contributed by atoms with Gasteiger partial charge >= 0.3 is 0 Å². The van der Waals surface area contributed by atoms with Crippen LogP contribution in [0.5, 0.6) is 5.75 Å². The highest BCUT2D eigenvalue weighted by Crippen LogP contribution is 2.12. The molecule has 0 bridgehead atoms. The molecule has 0 aliphatic carbocycles. The SMILES string of the molecule is CCN1CCN(CCCCOc2ccc(C#N)cc2)CC1. The van der Waals surface area contributed by atoms with Gasteiger partial charge in [-0.1, -0.05) is 6.92 Å². The van der Waals surface area contributed by atoms with E-state index in [1.54, 1.807) is 12.1 Å². The van der Waals surface area contributed by atoms with Gasteiger partial charge in [0.2, 0.25) is 0 Å². The van der Waals surface area contributed by atoms with Gasteiger partial charge in [-0.25, -0.2) is 0 Å². The summed E-state index contributed by atoms with van der Waals surface area (Å²) in [6.45, 7) is 10.1. The molecule has 0 amide bonds. The molecule has 4 heteroatoms. The molecule has 0 aromatic heterocycles. The minimum atomic E-state index is 0.675. The molecule has 0 spiro atoms. The summed E-state index contributed by atoms with van der Waals surface area (Å²) >= 11 is 0. The number of benzene rings is 1. The Morgan fingerprint density at radius 2 is 1.71 bits per heavy atom. The predicted molar refractivity (Wildman–Crippen MR) is 84.4 cm³/mol. The van der Waals surface area contributed by atoms with Crippen LogP contribution in [0.3, 0.4) is 0 Å². The summed E-state index contributed by atoms with van der Waals surface area (Å²) in [5, 5.41) is 8.73. The fraction of sp³-hybridized carbons (Fsp3) is 0.588. The average Bonchev–Trinajstić information content (AvgIpc) is 2.55. The number of likely N-dealkylation sites (N-methyl/N-ethyl adjacent to an activating group) is 1. The number of ether oxygens (including phenoxy) is 1. The van der Waals surface area contributed by atoms with Crippen LogP contribution in [0.2, 0.25) is 0 Å². The van der Waals surface area contributed by atoms with E-state index in [0.29, 0.717) is 5.56 Å². The summed E-state index contributed by atoms with van der Waals surface area (Å²) in [6.07, 6.45) is 2.26. The van der Waals surface area contributed by atoms with Crippen LogP contribution in [0.1, 0.15) is 25.3 Å². The summed E-state index contributed by atoms with van der Waals surface area (Å²) < 4.78 is 5.69. The molecular formula is C17H25N3O. The van der Waals surface area contributed by atoms with Crippen LogP contribution < -0.4 is 4.74 Å². The Morgan fingerprint density at radius 1 is 1.05 bits per heavy atom. The minimum Gasteiger partial charge on any atom is -0.494 e. The second kappa shape index (κ2) is 8.66. The van der Waals surface area contributed by atoms with E-state index >= 15 is 0 Å². The van der Waals surface area contributed by atoms with Gasteiger partial charge in [0.15, 0.2) is 0 Å². The maximum atomic E-state index is 8.73. The van der Waals surface area contributed by atoms with Crippen LogP contribution in [0.4, 0.5) is 0 Å². The third kappa shape index (κ3) is 5.37. The molecule has 1 aromatic carbocycles. The van der Waals surface area contributed by atoms with E-state index in [1.807, 2.05) is 12.1 Å². The molecule has 0 radical (unpaired) electrons. The molecule has 114 valence electrons. The first-order chi connectivity index (χ1) is 10.3.